The van der Waals surface area contributed by atoms with Gasteiger partial charge < -0.3 is 15.5 Å². The van der Waals surface area contributed by atoms with Gasteiger partial charge in [-0.3, -0.25) is 0 Å². The minimum absolute atomic E-state index is 0.385. The summed E-state index contributed by atoms with van der Waals surface area (Å²) in [6, 6.07) is 2.94. The number of hydrogen-bond donors (Lipinski definition) is 2. The van der Waals surface area contributed by atoms with Gasteiger partial charge in [0.25, 0.3) is 0 Å². The molecular weight excluding hydrogens is 214 g/mol. The Balaban J connectivity index is 2.09. The fourth-order valence-electron chi connectivity index (χ4n) is 2.07. The van der Waals surface area contributed by atoms with Gasteiger partial charge in [-0.2, -0.15) is 0 Å². The molecule has 1 saturated heterocycles. The van der Waals surface area contributed by atoms with E-state index in [-0.39, 0.29) is 0 Å². The van der Waals surface area contributed by atoms with Crippen molar-refractivity contribution in [3.8, 4) is 0 Å². The molecule has 1 aliphatic rings. The molecule has 94 valence electrons. The van der Waals surface area contributed by atoms with Crippen LogP contribution in [-0.4, -0.2) is 42.2 Å². The van der Waals surface area contributed by atoms with Crippen molar-refractivity contribution in [3.63, 3.8) is 0 Å². The lowest BCUT2D eigenvalue weighted by molar-refractivity contribution is 0.677. The average Bonchev–Trinajstić information content (AvgIpc) is 2.81. The fourth-order valence-corrected chi connectivity index (χ4v) is 2.07. The minimum Gasteiger partial charge on any atom is -0.368 e. The van der Waals surface area contributed by atoms with Gasteiger partial charge in [-0.05, 0) is 26.8 Å². The maximum absolute atomic E-state index is 4.34. The number of likely N-dealkylation sites (N-methyl/N-ethyl adjacent to an activating group) is 1. The monoisotopic (exact) mass is 235 g/mol. The molecule has 2 rings (SSSR count). The van der Waals surface area contributed by atoms with Crippen molar-refractivity contribution in [2.75, 3.05) is 30.4 Å². The summed E-state index contributed by atoms with van der Waals surface area (Å²) in [4.78, 5) is 10.8. The molecule has 1 atom stereocenters. The Morgan fingerprint density at radius 3 is 2.94 bits per heavy atom. The molecule has 2 heterocycles. The van der Waals surface area contributed by atoms with Gasteiger partial charge in [0.05, 0.1) is 0 Å². The molecule has 1 fully saturated rings. The first-order valence-electron chi connectivity index (χ1n) is 6.19. The maximum Gasteiger partial charge on any atom is 0.134 e. The number of rotatable bonds is 4. The first-order chi connectivity index (χ1) is 8.16. The van der Waals surface area contributed by atoms with Crippen LogP contribution in [-0.2, 0) is 0 Å². The summed E-state index contributed by atoms with van der Waals surface area (Å²) in [7, 11) is 2.10. The third kappa shape index (κ3) is 3.06. The van der Waals surface area contributed by atoms with E-state index >= 15 is 0 Å². The van der Waals surface area contributed by atoms with E-state index in [4.69, 9.17) is 0 Å². The van der Waals surface area contributed by atoms with E-state index in [1.54, 1.807) is 6.33 Å². The van der Waals surface area contributed by atoms with E-state index in [1.165, 1.54) is 6.42 Å². The molecule has 0 radical (unpaired) electrons. The van der Waals surface area contributed by atoms with E-state index < -0.39 is 0 Å². The molecular formula is C12H21N5. The minimum atomic E-state index is 0.385. The topological polar surface area (TPSA) is 53.1 Å². The van der Waals surface area contributed by atoms with Crippen LogP contribution in [0, 0.1) is 0 Å². The zero-order valence-corrected chi connectivity index (χ0v) is 10.8. The predicted molar refractivity (Wildman–Crippen MR) is 70.5 cm³/mol. The Morgan fingerprint density at radius 1 is 1.47 bits per heavy atom. The van der Waals surface area contributed by atoms with Crippen molar-refractivity contribution >= 4 is 11.6 Å². The van der Waals surface area contributed by atoms with E-state index in [0.717, 1.165) is 24.7 Å². The number of nitrogens with one attached hydrogen (secondary N) is 2. The van der Waals surface area contributed by atoms with Crippen molar-refractivity contribution in [2.45, 2.75) is 32.4 Å². The Hall–Kier alpha value is -1.36. The molecule has 1 aromatic rings. The largest absolute Gasteiger partial charge is 0.368 e. The summed E-state index contributed by atoms with van der Waals surface area (Å²) < 4.78 is 0. The number of nitrogens with zero attached hydrogens (tertiary/aromatic N) is 3. The van der Waals surface area contributed by atoms with Gasteiger partial charge in [0.1, 0.15) is 18.0 Å². The quantitative estimate of drug-likeness (QED) is 0.818. The van der Waals surface area contributed by atoms with E-state index in [1.807, 2.05) is 6.07 Å². The van der Waals surface area contributed by atoms with E-state index in [2.05, 4.69) is 46.4 Å². The van der Waals surface area contributed by atoms with Crippen LogP contribution in [0.15, 0.2) is 12.4 Å². The van der Waals surface area contributed by atoms with Crippen molar-refractivity contribution in [3.05, 3.63) is 12.4 Å². The molecule has 0 aromatic carbocycles. The van der Waals surface area contributed by atoms with Gasteiger partial charge in [-0.25, -0.2) is 9.97 Å². The van der Waals surface area contributed by atoms with Crippen molar-refractivity contribution < 1.29 is 0 Å². The lowest BCUT2D eigenvalue weighted by atomic mass is 10.2. The lowest BCUT2D eigenvalue weighted by Crippen LogP contribution is -2.34. The highest BCUT2D eigenvalue weighted by Crippen LogP contribution is 2.18. The standard InChI is InChI=1S/C12H21N5/c1-9(2)16-11-6-12(15-8-14-11)17(3)10-4-5-13-7-10/h6,8-10,13H,4-5,7H2,1-3H3,(H,14,15,16). The van der Waals surface area contributed by atoms with Crippen LogP contribution < -0.4 is 15.5 Å². The van der Waals surface area contributed by atoms with Gasteiger partial charge >= 0.3 is 0 Å². The molecule has 17 heavy (non-hydrogen) atoms. The molecule has 0 aliphatic carbocycles. The van der Waals surface area contributed by atoms with Gasteiger partial charge in [0.15, 0.2) is 0 Å². The first-order valence-corrected chi connectivity index (χ1v) is 6.19. The van der Waals surface area contributed by atoms with Crippen LogP contribution in [0.2, 0.25) is 0 Å². The zero-order chi connectivity index (χ0) is 12.3. The summed E-state index contributed by atoms with van der Waals surface area (Å²) in [6.45, 7) is 6.34. The third-order valence-electron chi connectivity index (χ3n) is 3.03. The van der Waals surface area contributed by atoms with Crippen LogP contribution in [0.3, 0.4) is 0 Å². The van der Waals surface area contributed by atoms with Crippen molar-refractivity contribution in [2.24, 2.45) is 0 Å². The highest BCUT2D eigenvalue weighted by atomic mass is 15.2. The second-order valence-electron chi connectivity index (χ2n) is 4.82. The average molecular weight is 235 g/mol. The number of hydrogen-bond acceptors (Lipinski definition) is 5. The first kappa shape index (κ1) is 12.1. The summed E-state index contributed by atoms with van der Waals surface area (Å²) >= 11 is 0. The molecule has 0 spiro atoms. The van der Waals surface area contributed by atoms with Gasteiger partial charge in [-0.15, -0.1) is 0 Å². The summed E-state index contributed by atoms with van der Waals surface area (Å²) in [5.74, 6) is 1.87. The molecule has 5 nitrogen and oxygen atoms in total. The normalized spacial score (nSPS) is 19.6. The second-order valence-corrected chi connectivity index (χ2v) is 4.82. The van der Waals surface area contributed by atoms with Crippen molar-refractivity contribution in [1.82, 2.24) is 15.3 Å². The summed E-state index contributed by atoms with van der Waals surface area (Å²) in [6.07, 6.45) is 2.80. The van der Waals surface area contributed by atoms with Crippen LogP contribution in [0.1, 0.15) is 20.3 Å². The van der Waals surface area contributed by atoms with E-state index in [0.29, 0.717) is 12.1 Å². The lowest BCUT2D eigenvalue weighted by Gasteiger charge is -2.25. The predicted octanol–water partition coefficient (Wildman–Crippen LogP) is 1.09. The van der Waals surface area contributed by atoms with Crippen LogP contribution in [0.4, 0.5) is 11.6 Å². The highest BCUT2D eigenvalue weighted by molar-refractivity contribution is 5.49. The van der Waals surface area contributed by atoms with Crippen LogP contribution in [0.5, 0.6) is 0 Å². The van der Waals surface area contributed by atoms with Gasteiger partial charge in [0.2, 0.25) is 0 Å². The van der Waals surface area contributed by atoms with E-state index in [9.17, 15) is 0 Å². The third-order valence-corrected chi connectivity index (χ3v) is 3.03. The Labute approximate surface area is 103 Å². The molecule has 1 aliphatic heterocycles. The fraction of sp³-hybridized carbons (Fsp3) is 0.667. The molecule has 0 amide bonds. The maximum atomic E-state index is 4.34. The van der Waals surface area contributed by atoms with Crippen LogP contribution in [0.25, 0.3) is 0 Å². The van der Waals surface area contributed by atoms with Crippen LogP contribution >= 0.6 is 0 Å². The van der Waals surface area contributed by atoms with Gasteiger partial charge in [-0.1, -0.05) is 0 Å². The highest BCUT2D eigenvalue weighted by Gasteiger charge is 2.20. The molecule has 0 bridgehead atoms. The van der Waals surface area contributed by atoms with Crippen molar-refractivity contribution in [1.29, 1.82) is 0 Å². The van der Waals surface area contributed by atoms with Gasteiger partial charge in [0, 0.05) is 31.7 Å². The molecule has 5 heteroatoms. The number of aromatic nitrogens is 2. The molecule has 1 unspecified atom stereocenters. The summed E-state index contributed by atoms with van der Waals surface area (Å²) in [5.41, 5.74) is 0. The Bertz CT molecular complexity index is 360. The molecule has 1 aromatic heterocycles. The summed E-state index contributed by atoms with van der Waals surface area (Å²) in [5, 5.41) is 6.67. The SMILES string of the molecule is CC(C)Nc1cc(N(C)C2CCNC2)ncn1. The number of anilines is 2. The Kier molecular flexibility index (Phi) is 3.78. The molecule has 2 N–H and O–H groups in total. The Morgan fingerprint density at radius 2 is 2.29 bits per heavy atom. The molecule has 0 saturated carbocycles. The second kappa shape index (κ2) is 5.31. The zero-order valence-electron chi connectivity index (χ0n) is 10.8. The smallest absolute Gasteiger partial charge is 0.134 e.